The van der Waals surface area contributed by atoms with Crippen LogP contribution in [0.25, 0.3) is 0 Å². The topological polar surface area (TPSA) is 88.7 Å². The Kier molecular flexibility index (Phi) is 6.81. The Morgan fingerprint density at radius 3 is 3.00 bits per heavy atom. The third-order valence-corrected chi connectivity index (χ3v) is 3.02. The van der Waals surface area contributed by atoms with E-state index in [4.69, 9.17) is 10.5 Å². The zero-order chi connectivity index (χ0) is 14.4. The molecule has 0 aliphatic carbocycles. The summed E-state index contributed by atoms with van der Waals surface area (Å²) < 4.78 is 4.78. The molecule has 1 amide bonds. The first-order valence-corrected chi connectivity index (χ1v) is 6.80. The minimum absolute atomic E-state index is 0. The van der Waals surface area contributed by atoms with E-state index in [0.717, 1.165) is 24.1 Å². The van der Waals surface area contributed by atoms with Crippen LogP contribution >= 0.6 is 12.4 Å². The molecule has 1 unspecified atom stereocenters. The summed E-state index contributed by atoms with van der Waals surface area (Å²) in [7, 11) is 0. The van der Waals surface area contributed by atoms with E-state index in [1.807, 2.05) is 24.3 Å². The number of fused-ring (bicyclic) bond motifs is 1. The van der Waals surface area contributed by atoms with Crippen LogP contribution in [0.3, 0.4) is 0 Å². The van der Waals surface area contributed by atoms with Crippen molar-refractivity contribution in [2.75, 3.05) is 18.5 Å². The highest BCUT2D eigenvalue weighted by Gasteiger charge is 2.17. The monoisotopic (exact) mass is 312 g/mol. The van der Waals surface area contributed by atoms with Crippen LogP contribution in [0.1, 0.15) is 25.3 Å². The second-order valence-corrected chi connectivity index (χ2v) is 4.51. The molecule has 1 atom stereocenters. The number of amidine groups is 1. The molecule has 0 aromatic heterocycles. The molecule has 0 saturated carbocycles. The van der Waals surface area contributed by atoms with Gasteiger partial charge in [-0.25, -0.2) is 9.79 Å². The largest absolute Gasteiger partial charge is 0.450 e. The molecule has 1 aromatic rings. The molecule has 0 radical (unpaired) electrons. The second kappa shape index (κ2) is 8.36. The first kappa shape index (κ1) is 17.1. The van der Waals surface area contributed by atoms with E-state index in [9.17, 15) is 4.79 Å². The molecule has 0 spiro atoms. The van der Waals surface area contributed by atoms with Crippen LogP contribution in [0, 0.1) is 0 Å². The number of alkyl carbamates (subject to hydrolysis) is 1. The number of carbonyl (C=O) groups excluding carboxylic acids is 1. The molecule has 6 nitrogen and oxygen atoms in total. The number of benzene rings is 1. The highest BCUT2D eigenvalue weighted by atomic mass is 35.5. The summed E-state index contributed by atoms with van der Waals surface area (Å²) >= 11 is 0. The summed E-state index contributed by atoms with van der Waals surface area (Å²) in [5, 5.41) is 6.01. The zero-order valence-corrected chi connectivity index (χ0v) is 12.8. The van der Waals surface area contributed by atoms with Gasteiger partial charge in [-0.1, -0.05) is 12.1 Å². The van der Waals surface area contributed by atoms with Gasteiger partial charge in [0.15, 0.2) is 0 Å². The number of anilines is 1. The molecule has 7 heteroatoms. The number of rotatable bonds is 5. The fourth-order valence-electron chi connectivity index (χ4n) is 2.09. The lowest BCUT2D eigenvalue weighted by Crippen LogP contribution is -2.31. The molecule has 0 fully saturated rings. The van der Waals surface area contributed by atoms with E-state index >= 15 is 0 Å². The van der Waals surface area contributed by atoms with E-state index in [-0.39, 0.29) is 24.7 Å². The summed E-state index contributed by atoms with van der Waals surface area (Å²) in [6.07, 6.45) is 1.17. The fourth-order valence-corrected chi connectivity index (χ4v) is 2.09. The average molecular weight is 313 g/mol. The van der Waals surface area contributed by atoms with Crippen molar-refractivity contribution in [1.82, 2.24) is 5.32 Å². The molecular weight excluding hydrogens is 292 g/mol. The molecule has 1 aromatic carbocycles. The van der Waals surface area contributed by atoms with Crippen LogP contribution in [0.15, 0.2) is 29.3 Å². The van der Waals surface area contributed by atoms with Crippen molar-refractivity contribution in [2.24, 2.45) is 10.7 Å². The van der Waals surface area contributed by atoms with Gasteiger partial charge in [-0.15, -0.1) is 12.4 Å². The van der Waals surface area contributed by atoms with Crippen LogP contribution in [0.4, 0.5) is 10.5 Å². The molecule has 21 heavy (non-hydrogen) atoms. The number of ether oxygens (including phenoxy) is 1. The number of nitrogens with two attached hydrogens (primary N) is 1. The van der Waals surface area contributed by atoms with Crippen molar-refractivity contribution < 1.29 is 9.53 Å². The number of hydrogen-bond donors (Lipinski definition) is 3. The summed E-state index contributed by atoms with van der Waals surface area (Å²) in [6.45, 7) is 2.72. The number of aliphatic imine (C=N–C) groups is 1. The number of nitrogens with zero attached hydrogens (tertiary/aromatic N) is 1. The molecule has 1 aliphatic heterocycles. The predicted octanol–water partition coefficient (Wildman–Crippen LogP) is 2.09. The number of nitrogens with one attached hydrogen (secondary N) is 2. The lowest BCUT2D eigenvalue weighted by Gasteiger charge is -2.23. The van der Waals surface area contributed by atoms with Crippen molar-refractivity contribution in [1.29, 1.82) is 0 Å². The Bertz CT molecular complexity index is 508. The summed E-state index contributed by atoms with van der Waals surface area (Å²) in [6, 6.07) is 7.83. The molecule has 116 valence electrons. The van der Waals surface area contributed by atoms with Gasteiger partial charge in [-0.3, -0.25) is 0 Å². The quantitative estimate of drug-likeness (QED) is 0.726. The smallest absolute Gasteiger partial charge is 0.407 e. The first-order chi connectivity index (χ1) is 9.70. The minimum atomic E-state index is -0.377. The van der Waals surface area contributed by atoms with Gasteiger partial charge in [0.05, 0.1) is 6.61 Å². The number of amides is 1. The standard InChI is InChI=1S/C14H20N4O2.ClH/c1-2-20-14(19)16-9-5-8-12-17-11-7-4-3-6-10(11)13(15)18-12;/h3-4,6-7,12,17H,2,5,8-9H2,1H3,(H2,15,18)(H,16,19);1H. The Hall–Kier alpha value is -1.95. The maximum atomic E-state index is 11.1. The third kappa shape index (κ3) is 4.82. The number of para-hydroxylation sites is 1. The van der Waals surface area contributed by atoms with Crippen LogP contribution in [-0.2, 0) is 4.74 Å². The van der Waals surface area contributed by atoms with Crippen LogP contribution in [0.2, 0.25) is 0 Å². The number of hydrogen-bond acceptors (Lipinski definition) is 5. The van der Waals surface area contributed by atoms with Crippen molar-refractivity contribution in [3.8, 4) is 0 Å². The SMILES string of the molecule is CCOC(=O)NCCCC1N=C(N)c2ccccc2N1.Cl. The normalized spacial score (nSPS) is 15.9. The maximum Gasteiger partial charge on any atom is 0.407 e. The third-order valence-electron chi connectivity index (χ3n) is 3.02. The lowest BCUT2D eigenvalue weighted by atomic mass is 10.1. The molecule has 0 bridgehead atoms. The highest BCUT2D eigenvalue weighted by molar-refractivity contribution is 6.03. The van der Waals surface area contributed by atoms with Gasteiger partial charge < -0.3 is 21.1 Å². The number of halogens is 1. The Morgan fingerprint density at radius 1 is 1.48 bits per heavy atom. The van der Waals surface area contributed by atoms with Gasteiger partial charge in [0, 0.05) is 17.8 Å². The van der Waals surface area contributed by atoms with Crippen LogP contribution < -0.4 is 16.4 Å². The van der Waals surface area contributed by atoms with E-state index in [1.165, 1.54) is 0 Å². The Balaban J connectivity index is 0.00000220. The molecular formula is C14H21ClN4O2. The predicted molar refractivity (Wildman–Crippen MR) is 86.1 cm³/mol. The van der Waals surface area contributed by atoms with Gasteiger partial charge >= 0.3 is 6.09 Å². The van der Waals surface area contributed by atoms with Crippen molar-refractivity contribution >= 4 is 30.0 Å². The van der Waals surface area contributed by atoms with Crippen molar-refractivity contribution in [3.05, 3.63) is 29.8 Å². The highest BCUT2D eigenvalue weighted by Crippen LogP contribution is 2.21. The number of carbonyl (C=O) groups is 1. The Labute approximate surface area is 130 Å². The summed E-state index contributed by atoms with van der Waals surface area (Å²) in [5.41, 5.74) is 7.89. The maximum absolute atomic E-state index is 11.1. The first-order valence-electron chi connectivity index (χ1n) is 6.80. The fraction of sp³-hybridized carbons (Fsp3) is 0.429. The van der Waals surface area contributed by atoms with Gasteiger partial charge in [0.2, 0.25) is 0 Å². The molecule has 1 aliphatic rings. The second-order valence-electron chi connectivity index (χ2n) is 4.51. The van der Waals surface area contributed by atoms with Crippen LogP contribution in [-0.4, -0.2) is 31.2 Å². The van der Waals surface area contributed by atoms with E-state index in [1.54, 1.807) is 6.92 Å². The molecule has 1 heterocycles. The molecule has 4 N–H and O–H groups in total. The van der Waals surface area contributed by atoms with E-state index in [0.29, 0.717) is 19.0 Å². The molecule has 0 saturated heterocycles. The van der Waals surface area contributed by atoms with Gasteiger partial charge in [-0.2, -0.15) is 0 Å². The van der Waals surface area contributed by atoms with Crippen molar-refractivity contribution in [3.63, 3.8) is 0 Å². The van der Waals surface area contributed by atoms with E-state index in [2.05, 4.69) is 15.6 Å². The molecule has 2 rings (SSSR count). The van der Waals surface area contributed by atoms with Gasteiger partial charge in [0.25, 0.3) is 0 Å². The summed E-state index contributed by atoms with van der Waals surface area (Å²) in [4.78, 5) is 15.5. The van der Waals surface area contributed by atoms with Gasteiger partial charge in [0.1, 0.15) is 12.0 Å². The van der Waals surface area contributed by atoms with Crippen molar-refractivity contribution in [2.45, 2.75) is 25.9 Å². The Morgan fingerprint density at radius 2 is 2.24 bits per heavy atom. The average Bonchev–Trinajstić information content (AvgIpc) is 2.44. The lowest BCUT2D eigenvalue weighted by molar-refractivity contribution is 0.152. The van der Waals surface area contributed by atoms with E-state index < -0.39 is 0 Å². The summed E-state index contributed by atoms with van der Waals surface area (Å²) in [5.74, 6) is 0.558. The zero-order valence-electron chi connectivity index (χ0n) is 12.0. The van der Waals surface area contributed by atoms with Gasteiger partial charge in [-0.05, 0) is 31.9 Å². The minimum Gasteiger partial charge on any atom is -0.450 e. The van der Waals surface area contributed by atoms with Crippen LogP contribution in [0.5, 0.6) is 0 Å².